The summed E-state index contributed by atoms with van der Waals surface area (Å²) in [6.07, 6.45) is 1.42. The molecular weight excluding hydrogens is 557 g/mol. The fourth-order valence-corrected chi connectivity index (χ4v) is 5.92. The van der Waals surface area contributed by atoms with E-state index >= 15 is 0 Å². The van der Waals surface area contributed by atoms with E-state index in [1.54, 1.807) is 37.3 Å². The van der Waals surface area contributed by atoms with Gasteiger partial charge in [-0.15, -0.1) is 0 Å². The highest BCUT2D eigenvalue weighted by Gasteiger charge is 2.20. The van der Waals surface area contributed by atoms with E-state index in [4.69, 9.17) is 23.2 Å². The molecule has 1 amide bonds. The van der Waals surface area contributed by atoms with Crippen LogP contribution in [0.3, 0.4) is 0 Å². The fraction of sp³-hybridized carbons (Fsp3) is 0.240. The summed E-state index contributed by atoms with van der Waals surface area (Å²) < 4.78 is 53.7. The van der Waals surface area contributed by atoms with Gasteiger partial charge in [-0.2, -0.15) is 0 Å². The third kappa shape index (κ3) is 7.85. The normalized spacial score (nSPS) is 11.7. The minimum Gasteiger partial charge on any atom is -0.326 e. The van der Waals surface area contributed by atoms with Gasteiger partial charge in [-0.1, -0.05) is 35.3 Å². The predicted octanol–water partition coefficient (Wildman–Crippen LogP) is 5.60. The Bertz CT molecular complexity index is 1510. The lowest BCUT2D eigenvalue weighted by Gasteiger charge is -2.24. The Balaban J connectivity index is 1.60. The molecule has 0 spiro atoms. The Kier molecular flexibility index (Phi) is 9.12. The molecular formula is C25H27Cl2N3O5S2. The first-order valence-electron chi connectivity index (χ1n) is 11.2. The van der Waals surface area contributed by atoms with Crippen molar-refractivity contribution in [3.8, 4) is 0 Å². The maximum absolute atomic E-state index is 12.7. The van der Waals surface area contributed by atoms with Crippen LogP contribution in [0.1, 0.15) is 24.0 Å². The second-order valence-electron chi connectivity index (χ2n) is 8.51. The van der Waals surface area contributed by atoms with Crippen molar-refractivity contribution >= 4 is 66.2 Å². The molecule has 0 heterocycles. The van der Waals surface area contributed by atoms with E-state index < -0.39 is 20.0 Å². The van der Waals surface area contributed by atoms with E-state index in [1.807, 2.05) is 6.92 Å². The third-order valence-electron chi connectivity index (χ3n) is 5.48. The number of nitrogens with zero attached hydrogens (tertiary/aromatic N) is 1. The molecule has 37 heavy (non-hydrogen) atoms. The van der Waals surface area contributed by atoms with Crippen LogP contribution in [0.15, 0.2) is 65.6 Å². The van der Waals surface area contributed by atoms with Crippen molar-refractivity contribution in [2.24, 2.45) is 0 Å². The number of hydrogen-bond donors (Lipinski definition) is 2. The average Bonchev–Trinajstić information content (AvgIpc) is 2.80. The molecule has 0 radical (unpaired) electrons. The number of anilines is 3. The minimum atomic E-state index is -3.85. The highest BCUT2D eigenvalue weighted by Crippen LogP contribution is 2.27. The molecule has 0 aliphatic heterocycles. The van der Waals surface area contributed by atoms with Gasteiger partial charge in [-0.05, 0) is 79.9 Å². The van der Waals surface area contributed by atoms with E-state index in [1.165, 1.54) is 34.6 Å². The van der Waals surface area contributed by atoms with Crippen molar-refractivity contribution in [3.63, 3.8) is 0 Å². The number of halogens is 2. The van der Waals surface area contributed by atoms with Crippen molar-refractivity contribution in [1.29, 1.82) is 0 Å². The van der Waals surface area contributed by atoms with Crippen LogP contribution in [0.25, 0.3) is 0 Å². The summed E-state index contributed by atoms with van der Waals surface area (Å²) in [5, 5.41) is 3.55. The number of rotatable bonds is 10. The molecule has 0 fully saturated rings. The number of carbonyl (C=O) groups excluding carboxylic acids is 1. The van der Waals surface area contributed by atoms with Gasteiger partial charge in [0, 0.05) is 28.7 Å². The molecule has 0 saturated carbocycles. The molecule has 198 valence electrons. The largest absolute Gasteiger partial charge is 0.326 e. The standard InChI is InChI=1S/C25H27Cl2N3O5S2/c1-17-7-9-21(16-23(17)27)29-37(34,35)22-12-10-20(11-13-22)28-25(31)5-4-14-30(36(3,32)33)24-15-19(26)8-6-18(24)2/h6-13,15-16,29H,4-5,14H2,1-3H3,(H,28,31). The lowest BCUT2D eigenvalue weighted by atomic mass is 10.2. The maximum atomic E-state index is 12.7. The molecule has 12 heteroatoms. The van der Waals surface area contributed by atoms with Crippen LogP contribution in [-0.4, -0.2) is 35.5 Å². The van der Waals surface area contributed by atoms with Gasteiger partial charge in [0.05, 0.1) is 22.5 Å². The number of carbonyl (C=O) groups is 1. The van der Waals surface area contributed by atoms with E-state index in [0.29, 0.717) is 27.1 Å². The molecule has 3 rings (SSSR count). The smallest absolute Gasteiger partial charge is 0.261 e. The summed E-state index contributed by atoms with van der Waals surface area (Å²) in [5.74, 6) is -0.334. The van der Waals surface area contributed by atoms with Gasteiger partial charge >= 0.3 is 0 Å². The summed E-state index contributed by atoms with van der Waals surface area (Å²) in [5.41, 5.74) is 2.79. The lowest BCUT2D eigenvalue weighted by molar-refractivity contribution is -0.116. The minimum absolute atomic E-state index is 0.0166. The maximum Gasteiger partial charge on any atom is 0.261 e. The number of aryl methyl sites for hydroxylation is 2. The Morgan fingerprint density at radius 2 is 1.49 bits per heavy atom. The van der Waals surface area contributed by atoms with Crippen LogP contribution < -0.4 is 14.3 Å². The Morgan fingerprint density at radius 1 is 0.865 bits per heavy atom. The van der Waals surface area contributed by atoms with Crippen LogP contribution in [0.5, 0.6) is 0 Å². The second-order valence-corrected chi connectivity index (χ2v) is 12.9. The predicted molar refractivity (Wildman–Crippen MR) is 150 cm³/mol. The lowest BCUT2D eigenvalue weighted by Crippen LogP contribution is -2.32. The molecule has 0 aliphatic rings. The highest BCUT2D eigenvalue weighted by atomic mass is 35.5. The van der Waals surface area contributed by atoms with E-state index in [-0.39, 0.29) is 30.2 Å². The van der Waals surface area contributed by atoms with Crippen LogP contribution in [0, 0.1) is 13.8 Å². The quantitative estimate of drug-likeness (QED) is 0.322. The molecule has 0 unspecified atom stereocenters. The van der Waals surface area contributed by atoms with Crippen molar-refractivity contribution in [2.75, 3.05) is 27.1 Å². The first kappa shape index (κ1) is 28.8. The molecule has 8 nitrogen and oxygen atoms in total. The topological polar surface area (TPSA) is 113 Å². The van der Waals surface area contributed by atoms with Gasteiger partial charge in [0.1, 0.15) is 0 Å². The molecule has 3 aromatic rings. The van der Waals surface area contributed by atoms with Gasteiger partial charge < -0.3 is 5.32 Å². The first-order chi connectivity index (χ1) is 17.3. The molecule has 0 bridgehead atoms. The first-order valence-corrected chi connectivity index (χ1v) is 15.3. The number of benzene rings is 3. The molecule has 0 saturated heterocycles. The summed E-state index contributed by atoms with van der Waals surface area (Å²) in [7, 11) is -7.44. The van der Waals surface area contributed by atoms with Crippen LogP contribution >= 0.6 is 23.2 Å². The van der Waals surface area contributed by atoms with Gasteiger partial charge in [-0.3, -0.25) is 13.8 Å². The summed E-state index contributed by atoms with van der Waals surface area (Å²) in [6, 6.07) is 15.6. The fourth-order valence-electron chi connectivity index (χ4n) is 3.51. The van der Waals surface area contributed by atoms with Crippen LogP contribution in [-0.2, 0) is 24.8 Å². The Morgan fingerprint density at radius 3 is 2.11 bits per heavy atom. The molecule has 0 aromatic heterocycles. The average molecular weight is 585 g/mol. The SMILES string of the molecule is Cc1ccc(NS(=O)(=O)c2ccc(NC(=O)CCCN(c3cc(Cl)ccc3C)S(C)(=O)=O)cc2)cc1Cl. The van der Waals surface area contributed by atoms with Crippen molar-refractivity contribution in [1.82, 2.24) is 0 Å². The molecule has 0 atom stereocenters. The zero-order valence-corrected chi connectivity index (χ0v) is 23.6. The molecule has 0 aliphatic carbocycles. The zero-order valence-electron chi connectivity index (χ0n) is 20.5. The van der Waals surface area contributed by atoms with Crippen molar-refractivity contribution in [3.05, 3.63) is 81.8 Å². The molecule has 2 N–H and O–H groups in total. The number of nitrogens with one attached hydrogen (secondary N) is 2. The number of amides is 1. The second kappa shape index (κ2) is 11.7. The van der Waals surface area contributed by atoms with Gasteiger partial charge in [0.25, 0.3) is 10.0 Å². The van der Waals surface area contributed by atoms with Crippen molar-refractivity contribution < 1.29 is 21.6 Å². The molecule has 3 aromatic carbocycles. The summed E-state index contributed by atoms with van der Waals surface area (Å²) >= 11 is 12.1. The zero-order chi connectivity index (χ0) is 27.4. The van der Waals surface area contributed by atoms with Crippen molar-refractivity contribution in [2.45, 2.75) is 31.6 Å². The number of sulfonamides is 2. The van der Waals surface area contributed by atoms with E-state index in [2.05, 4.69) is 10.0 Å². The van der Waals surface area contributed by atoms with Gasteiger partial charge in [0.15, 0.2) is 0 Å². The van der Waals surface area contributed by atoms with Gasteiger partial charge in [0.2, 0.25) is 15.9 Å². The van der Waals surface area contributed by atoms with Crippen LogP contribution in [0.2, 0.25) is 10.0 Å². The van der Waals surface area contributed by atoms with Gasteiger partial charge in [-0.25, -0.2) is 16.8 Å². The highest BCUT2D eigenvalue weighted by molar-refractivity contribution is 7.92. The third-order valence-corrected chi connectivity index (χ3v) is 8.70. The monoisotopic (exact) mass is 583 g/mol. The van der Waals surface area contributed by atoms with E-state index in [9.17, 15) is 21.6 Å². The van der Waals surface area contributed by atoms with Crippen LogP contribution in [0.4, 0.5) is 17.1 Å². The number of hydrogen-bond acceptors (Lipinski definition) is 5. The Labute approximate surface area is 227 Å². The summed E-state index contributed by atoms with van der Waals surface area (Å²) in [6.45, 7) is 3.70. The summed E-state index contributed by atoms with van der Waals surface area (Å²) in [4.78, 5) is 12.5. The Hall–Kier alpha value is -2.79. The van der Waals surface area contributed by atoms with E-state index in [0.717, 1.165) is 17.4 Å².